The SMILES string of the molecule is Cc1cccc(C(C)(C)CN)c1Cl. The van der Waals surface area contributed by atoms with Gasteiger partial charge in [0.15, 0.2) is 0 Å². The first-order valence-electron chi connectivity index (χ1n) is 4.44. The molecule has 0 aliphatic carbocycles. The molecule has 1 rings (SSSR count). The minimum absolute atomic E-state index is 0.0386. The van der Waals surface area contributed by atoms with E-state index in [1.54, 1.807) is 0 Å². The van der Waals surface area contributed by atoms with Gasteiger partial charge in [0.05, 0.1) is 0 Å². The number of nitrogens with two attached hydrogens (primary N) is 1. The molecule has 0 heterocycles. The summed E-state index contributed by atoms with van der Waals surface area (Å²) in [5, 5.41) is 0.845. The van der Waals surface area contributed by atoms with Crippen LogP contribution in [0.25, 0.3) is 0 Å². The van der Waals surface area contributed by atoms with Crippen LogP contribution in [0, 0.1) is 6.92 Å². The van der Waals surface area contributed by atoms with E-state index in [9.17, 15) is 0 Å². The quantitative estimate of drug-likeness (QED) is 0.776. The highest BCUT2D eigenvalue weighted by Crippen LogP contribution is 2.30. The summed E-state index contributed by atoms with van der Waals surface area (Å²) in [4.78, 5) is 0. The van der Waals surface area contributed by atoms with Crippen LogP contribution in [0.2, 0.25) is 5.02 Å². The van der Waals surface area contributed by atoms with Gasteiger partial charge in [0.1, 0.15) is 0 Å². The molecular formula is C11H16ClN. The number of hydrogen-bond acceptors (Lipinski definition) is 1. The molecule has 0 amide bonds. The molecule has 1 aromatic rings. The molecule has 0 radical (unpaired) electrons. The Balaban J connectivity index is 3.22. The lowest BCUT2D eigenvalue weighted by molar-refractivity contribution is 0.539. The van der Waals surface area contributed by atoms with E-state index in [1.807, 2.05) is 25.1 Å². The molecule has 0 bridgehead atoms. The van der Waals surface area contributed by atoms with Crippen LogP contribution < -0.4 is 5.73 Å². The van der Waals surface area contributed by atoms with Gasteiger partial charge in [-0.25, -0.2) is 0 Å². The second-order valence-corrected chi connectivity index (χ2v) is 4.40. The molecule has 0 saturated carbocycles. The lowest BCUT2D eigenvalue weighted by Crippen LogP contribution is -2.28. The van der Waals surface area contributed by atoms with E-state index in [2.05, 4.69) is 13.8 Å². The van der Waals surface area contributed by atoms with Gasteiger partial charge in [0, 0.05) is 17.0 Å². The summed E-state index contributed by atoms with van der Waals surface area (Å²) in [6.07, 6.45) is 0. The Hall–Kier alpha value is -0.530. The molecule has 0 saturated heterocycles. The fraction of sp³-hybridized carbons (Fsp3) is 0.455. The standard InChI is InChI=1S/C11H16ClN/c1-8-5-4-6-9(10(8)12)11(2,3)7-13/h4-6H,7,13H2,1-3H3. The maximum absolute atomic E-state index is 6.20. The number of halogens is 1. The molecule has 0 atom stereocenters. The van der Waals surface area contributed by atoms with Crippen molar-refractivity contribution < 1.29 is 0 Å². The van der Waals surface area contributed by atoms with Crippen LogP contribution in [0.4, 0.5) is 0 Å². The van der Waals surface area contributed by atoms with E-state index in [-0.39, 0.29) is 5.41 Å². The third kappa shape index (κ3) is 2.04. The molecule has 13 heavy (non-hydrogen) atoms. The molecule has 0 spiro atoms. The molecule has 0 aromatic heterocycles. The van der Waals surface area contributed by atoms with Crippen LogP contribution in [0.3, 0.4) is 0 Å². The minimum Gasteiger partial charge on any atom is -0.330 e. The Morgan fingerprint density at radius 3 is 2.54 bits per heavy atom. The van der Waals surface area contributed by atoms with Crippen molar-refractivity contribution in [3.63, 3.8) is 0 Å². The van der Waals surface area contributed by atoms with Crippen molar-refractivity contribution in [2.45, 2.75) is 26.2 Å². The molecule has 72 valence electrons. The Morgan fingerprint density at radius 1 is 1.38 bits per heavy atom. The summed E-state index contributed by atoms with van der Waals surface area (Å²) < 4.78 is 0. The minimum atomic E-state index is -0.0386. The third-order valence-corrected chi connectivity index (χ3v) is 2.93. The summed E-state index contributed by atoms with van der Waals surface area (Å²) in [5.74, 6) is 0. The van der Waals surface area contributed by atoms with Gasteiger partial charge in [-0.1, -0.05) is 43.6 Å². The van der Waals surface area contributed by atoms with Gasteiger partial charge in [0.25, 0.3) is 0 Å². The van der Waals surface area contributed by atoms with Crippen LogP contribution in [-0.4, -0.2) is 6.54 Å². The van der Waals surface area contributed by atoms with E-state index in [1.165, 1.54) is 0 Å². The highest BCUT2D eigenvalue weighted by molar-refractivity contribution is 6.32. The molecule has 0 aliphatic heterocycles. The molecule has 1 nitrogen and oxygen atoms in total. The topological polar surface area (TPSA) is 26.0 Å². The number of benzene rings is 1. The number of rotatable bonds is 2. The number of aryl methyl sites for hydroxylation is 1. The van der Waals surface area contributed by atoms with Crippen molar-refractivity contribution in [1.29, 1.82) is 0 Å². The molecule has 2 heteroatoms. The molecule has 1 aromatic carbocycles. The summed E-state index contributed by atoms with van der Waals surface area (Å²) in [5.41, 5.74) is 7.91. The second-order valence-electron chi connectivity index (χ2n) is 4.02. The van der Waals surface area contributed by atoms with Gasteiger partial charge in [-0.2, -0.15) is 0 Å². The lowest BCUT2D eigenvalue weighted by Gasteiger charge is -2.24. The van der Waals surface area contributed by atoms with Gasteiger partial charge >= 0.3 is 0 Å². The van der Waals surface area contributed by atoms with Crippen molar-refractivity contribution in [2.75, 3.05) is 6.54 Å². The van der Waals surface area contributed by atoms with Crippen molar-refractivity contribution in [3.8, 4) is 0 Å². The average Bonchev–Trinajstić information content (AvgIpc) is 2.09. The summed E-state index contributed by atoms with van der Waals surface area (Å²) >= 11 is 6.20. The maximum Gasteiger partial charge on any atom is 0.0473 e. The van der Waals surface area contributed by atoms with Crippen LogP contribution in [-0.2, 0) is 5.41 Å². The molecular weight excluding hydrogens is 182 g/mol. The first-order chi connectivity index (χ1) is 5.99. The summed E-state index contributed by atoms with van der Waals surface area (Å²) in [6.45, 7) is 6.83. The van der Waals surface area contributed by atoms with Crippen molar-refractivity contribution in [2.24, 2.45) is 5.73 Å². The van der Waals surface area contributed by atoms with Gasteiger partial charge < -0.3 is 5.73 Å². The van der Waals surface area contributed by atoms with Crippen LogP contribution in [0.15, 0.2) is 18.2 Å². The van der Waals surface area contributed by atoms with E-state index < -0.39 is 0 Å². The normalized spacial score (nSPS) is 11.8. The highest BCUT2D eigenvalue weighted by atomic mass is 35.5. The van der Waals surface area contributed by atoms with E-state index in [0.717, 1.165) is 16.1 Å². The zero-order chi connectivity index (χ0) is 10.1. The second kappa shape index (κ2) is 3.69. The monoisotopic (exact) mass is 197 g/mol. The first-order valence-corrected chi connectivity index (χ1v) is 4.82. The zero-order valence-electron chi connectivity index (χ0n) is 8.39. The Labute approximate surface area is 84.9 Å². The zero-order valence-corrected chi connectivity index (χ0v) is 9.15. The van der Waals surface area contributed by atoms with Gasteiger partial charge in [-0.05, 0) is 18.1 Å². The maximum atomic E-state index is 6.20. The Morgan fingerprint density at radius 2 is 2.00 bits per heavy atom. The molecule has 0 unspecified atom stereocenters. The van der Waals surface area contributed by atoms with E-state index >= 15 is 0 Å². The lowest BCUT2D eigenvalue weighted by atomic mass is 9.84. The highest BCUT2D eigenvalue weighted by Gasteiger charge is 2.21. The van der Waals surface area contributed by atoms with Crippen molar-refractivity contribution >= 4 is 11.6 Å². The van der Waals surface area contributed by atoms with Crippen LogP contribution in [0.1, 0.15) is 25.0 Å². The van der Waals surface area contributed by atoms with E-state index in [4.69, 9.17) is 17.3 Å². The predicted molar refractivity (Wildman–Crippen MR) is 58.3 cm³/mol. The Kier molecular flexibility index (Phi) is 2.99. The molecule has 0 fully saturated rings. The van der Waals surface area contributed by atoms with Crippen LogP contribution >= 0.6 is 11.6 Å². The van der Waals surface area contributed by atoms with Gasteiger partial charge in [-0.3, -0.25) is 0 Å². The predicted octanol–water partition coefficient (Wildman–Crippen LogP) is 2.88. The molecule has 2 N–H and O–H groups in total. The van der Waals surface area contributed by atoms with Gasteiger partial charge in [-0.15, -0.1) is 0 Å². The first kappa shape index (κ1) is 10.6. The number of hydrogen-bond donors (Lipinski definition) is 1. The molecule has 0 aliphatic rings. The fourth-order valence-electron chi connectivity index (χ4n) is 1.28. The smallest absolute Gasteiger partial charge is 0.0473 e. The van der Waals surface area contributed by atoms with E-state index in [0.29, 0.717) is 6.54 Å². The largest absolute Gasteiger partial charge is 0.330 e. The third-order valence-electron chi connectivity index (χ3n) is 2.43. The summed E-state index contributed by atoms with van der Waals surface area (Å²) in [7, 11) is 0. The summed E-state index contributed by atoms with van der Waals surface area (Å²) in [6, 6.07) is 6.08. The average molecular weight is 198 g/mol. The fourth-order valence-corrected chi connectivity index (χ4v) is 1.66. The Bertz CT molecular complexity index is 305. The van der Waals surface area contributed by atoms with Crippen molar-refractivity contribution in [3.05, 3.63) is 34.3 Å². The van der Waals surface area contributed by atoms with Gasteiger partial charge in [0.2, 0.25) is 0 Å². The van der Waals surface area contributed by atoms with Crippen LogP contribution in [0.5, 0.6) is 0 Å². The van der Waals surface area contributed by atoms with Crippen molar-refractivity contribution in [1.82, 2.24) is 0 Å².